The second-order valence-electron chi connectivity index (χ2n) is 11.0. The average molecular weight is 724 g/mol. The summed E-state index contributed by atoms with van der Waals surface area (Å²) in [6, 6.07) is 26.3. The maximum absolute atomic E-state index is 14.4. The molecule has 3 N–H and O–H groups in total. The first-order chi connectivity index (χ1) is 23.7. The number of nitrogens with zero attached hydrogens (tertiary/aromatic N) is 4. The molecule has 49 heavy (non-hydrogen) atoms. The van der Waals surface area contributed by atoms with Crippen LogP contribution in [0.3, 0.4) is 0 Å². The van der Waals surface area contributed by atoms with Gasteiger partial charge < -0.3 is 14.6 Å². The van der Waals surface area contributed by atoms with Crippen LogP contribution < -0.4 is 15.6 Å². The molecule has 0 bridgehead atoms. The molecule has 1 aliphatic rings. The first kappa shape index (κ1) is 35.7. The van der Waals surface area contributed by atoms with Crippen molar-refractivity contribution >= 4 is 50.5 Å². The molecule has 254 valence electrons. The highest BCUT2D eigenvalue weighted by Crippen LogP contribution is 2.45. The number of carbonyl (C=O) groups is 1. The lowest BCUT2D eigenvalue weighted by molar-refractivity contribution is -0.130. The van der Waals surface area contributed by atoms with Crippen molar-refractivity contribution in [2.75, 3.05) is 19.0 Å². The van der Waals surface area contributed by atoms with Crippen LogP contribution in [-0.2, 0) is 25.9 Å². The molecule has 0 radical (unpaired) electrons. The van der Waals surface area contributed by atoms with Crippen molar-refractivity contribution in [3.05, 3.63) is 134 Å². The number of aliphatic hydroxyl groups is 1. The molecule has 12 nitrogen and oxygen atoms in total. The largest absolute Gasteiger partial charge is 0.494 e. The smallest absolute Gasteiger partial charge is 0.266 e. The van der Waals surface area contributed by atoms with E-state index in [2.05, 4.69) is 20.9 Å². The maximum atomic E-state index is 14.4. The predicted octanol–water partition coefficient (Wildman–Crippen LogP) is 6.64. The Labute approximate surface area is 293 Å². The summed E-state index contributed by atoms with van der Waals surface area (Å²) in [5.41, 5.74) is 14.8. The number of rotatable bonds is 15. The third-order valence-corrected chi connectivity index (χ3v) is 10.2. The van der Waals surface area contributed by atoms with Crippen LogP contribution in [0.2, 0.25) is 10.0 Å². The Morgan fingerprint density at radius 2 is 1.76 bits per heavy atom. The van der Waals surface area contributed by atoms with Crippen LogP contribution in [0.5, 0.6) is 5.75 Å². The third-order valence-electron chi connectivity index (χ3n) is 7.73. The summed E-state index contributed by atoms with van der Waals surface area (Å²) < 4.78 is 39.2. The zero-order valence-corrected chi connectivity index (χ0v) is 28.3. The molecule has 5 rings (SSSR count). The van der Waals surface area contributed by atoms with E-state index in [0.717, 1.165) is 0 Å². The number of hydrogen-bond acceptors (Lipinski definition) is 9. The minimum atomic E-state index is -3.89. The second-order valence-corrected chi connectivity index (χ2v) is 13.9. The lowest BCUT2D eigenvalue weighted by atomic mass is 9.84. The van der Waals surface area contributed by atoms with E-state index in [1.54, 1.807) is 84.9 Å². The number of ether oxygens (including phenoxy) is 2. The number of halogens is 2. The first-order valence-electron chi connectivity index (χ1n) is 15.2. The van der Waals surface area contributed by atoms with Crippen LogP contribution in [0.4, 0.5) is 5.69 Å². The number of amides is 1. The van der Waals surface area contributed by atoms with Crippen LogP contribution in [0.25, 0.3) is 10.4 Å². The van der Waals surface area contributed by atoms with Crippen molar-refractivity contribution in [3.63, 3.8) is 0 Å². The summed E-state index contributed by atoms with van der Waals surface area (Å²) in [6.45, 7) is 0.462. The van der Waals surface area contributed by atoms with Crippen LogP contribution in [0, 0.1) is 0 Å². The van der Waals surface area contributed by atoms with E-state index in [1.807, 2.05) is 0 Å². The summed E-state index contributed by atoms with van der Waals surface area (Å²) in [5.74, 6) is -0.532. The highest BCUT2D eigenvalue weighted by Gasteiger charge is 2.54. The monoisotopic (exact) mass is 722 g/mol. The molecule has 4 aromatic rings. The van der Waals surface area contributed by atoms with Crippen molar-refractivity contribution in [2.45, 2.75) is 35.9 Å². The van der Waals surface area contributed by atoms with Crippen LogP contribution in [0.15, 0.2) is 112 Å². The van der Waals surface area contributed by atoms with E-state index in [1.165, 1.54) is 12.1 Å². The number of sulfone groups is 1. The highest BCUT2D eigenvalue weighted by molar-refractivity contribution is 7.91. The van der Waals surface area contributed by atoms with E-state index < -0.39 is 33.1 Å². The fourth-order valence-corrected chi connectivity index (χ4v) is 6.92. The average Bonchev–Trinajstić information content (AvgIpc) is 3.51. The normalized spacial score (nSPS) is 17.0. The Hall–Kier alpha value is -4.62. The molecule has 0 aromatic heterocycles. The van der Waals surface area contributed by atoms with E-state index in [4.69, 9.17) is 42.8 Å². The number of azide groups is 1. The van der Waals surface area contributed by atoms with E-state index in [9.17, 15) is 18.7 Å². The van der Waals surface area contributed by atoms with E-state index in [-0.39, 0.29) is 36.1 Å². The van der Waals surface area contributed by atoms with Gasteiger partial charge in [0.25, 0.3) is 5.91 Å². The van der Waals surface area contributed by atoms with Gasteiger partial charge in [-0.2, -0.15) is 0 Å². The van der Waals surface area contributed by atoms with Crippen molar-refractivity contribution in [2.24, 2.45) is 10.1 Å². The Morgan fingerprint density at radius 1 is 1.02 bits per heavy atom. The number of hydrazine groups is 1. The predicted molar refractivity (Wildman–Crippen MR) is 187 cm³/mol. The number of hydrogen-bond donors (Lipinski definition) is 3. The summed E-state index contributed by atoms with van der Waals surface area (Å²) in [6.07, 6.45) is -1.04. The number of aliphatic hydroxyl groups excluding tert-OH is 1. The van der Waals surface area contributed by atoms with Gasteiger partial charge in [0, 0.05) is 47.7 Å². The van der Waals surface area contributed by atoms with Crippen molar-refractivity contribution < 1.29 is 27.8 Å². The second kappa shape index (κ2) is 16.2. The topological polar surface area (TPSA) is 175 Å². The molecule has 0 saturated heterocycles. The van der Waals surface area contributed by atoms with Gasteiger partial charge >= 0.3 is 0 Å². The zero-order valence-electron chi connectivity index (χ0n) is 26.0. The van der Waals surface area contributed by atoms with Gasteiger partial charge in [0.2, 0.25) is 5.90 Å². The SMILES string of the molecule is [N-]=[N+]=Nc1ccccc1[C@@H]1OC(c2ccc(OCCCO)cc2)=N[C@]1(CCS(=O)(=O)c1ccccc1)C(=O)NNCc1ccc(Cl)c(Cl)c1. The molecular formula is C34H32Cl2N6O6S. The molecule has 1 heterocycles. The summed E-state index contributed by atoms with van der Waals surface area (Å²) >= 11 is 12.2. The lowest BCUT2D eigenvalue weighted by Gasteiger charge is -2.31. The maximum Gasteiger partial charge on any atom is 0.266 e. The van der Waals surface area contributed by atoms with Crippen molar-refractivity contribution in [3.8, 4) is 5.75 Å². The standard InChI is InChI=1S/C34H32Cl2N6O6S/c35-28-16-11-23(21-29(28)36)22-38-41-33(44)34(17-20-49(45,46)26-7-2-1-3-8-26)31(27-9-4-5-10-30(27)40-42-37)48-32(39-34)24-12-14-25(15-13-24)47-19-6-18-43/h1-5,7-16,21,31,38,43H,6,17-20,22H2,(H,41,44)/t31-,34-/m0/s1. The zero-order chi connectivity index (χ0) is 34.9. The fourth-order valence-electron chi connectivity index (χ4n) is 5.22. The molecule has 2 atom stereocenters. The first-order valence-corrected chi connectivity index (χ1v) is 17.6. The van der Waals surface area contributed by atoms with Gasteiger partial charge in [-0.3, -0.25) is 10.2 Å². The number of benzene rings is 4. The van der Waals surface area contributed by atoms with Crippen LogP contribution in [-0.4, -0.2) is 49.8 Å². The van der Waals surface area contributed by atoms with Gasteiger partial charge in [-0.15, -0.1) is 0 Å². The van der Waals surface area contributed by atoms with Crippen LogP contribution >= 0.6 is 23.2 Å². The number of nitrogens with one attached hydrogen (secondary N) is 2. The molecule has 1 aliphatic heterocycles. The quantitative estimate of drug-likeness (QED) is 0.0405. The van der Waals surface area contributed by atoms with Gasteiger partial charge in [-0.25, -0.2) is 18.8 Å². The molecule has 0 saturated carbocycles. The fraction of sp³-hybridized carbons (Fsp3) is 0.235. The highest BCUT2D eigenvalue weighted by atomic mass is 35.5. The van der Waals surface area contributed by atoms with E-state index in [0.29, 0.717) is 45.5 Å². The van der Waals surface area contributed by atoms with Crippen molar-refractivity contribution in [1.82, 2.24) is 10.9 Å². The molecule has 0 spiro atoms. The number of carbonyl (C=O) groups excluding carboxylic acids is 1. The lowest BCUT2D eigenvalue weighted by Crippen LogP contribution is -2.53. The Kier molecular flexibility index (Phi) is 11.8. The minimum absolute atomic E-state index is 0.00607. The number of aliphatic imine (C=N–C) groups is 1. The molecule has 1 amide bonds. The van der Waals surface area contributed by atoms with Crippen LogP contribution in [0.1, 0.15) is 35.6 Å². The van der Waals surface area contributed by atoms with Gasteiger partial charge in [0.15, 0.2) is 21.5 Å². The molecule has 0 unspecified atom stereocenters. The van der Waals surface area contributed by atoms with Gasteiger partial charge in [0.1, 0.15) is 5.75 Å². The summed E-state index contributed by atoms with van der Waals surface area (Å²) in [7, 11) is -3.89. The minimum Gasteiger partial charge on any atom is -0.494 e. The molecular weight excluding hydrogens is 691 g/mol. The third kappa shape index (κ3) is 8.52. The molecule has 0 fully saturated rings. The molecule has 0 aliphatic carbocycles. The Bertz CT molecular complexity index is 1970. The Morgan fingerprint density at radius 3 is 2.47 bits per heavy atom. The van der Waals surface area contributed by atoms with Crippen molar-refractivity contribution in [1.29, 1.82) is 0 Å². The summed E-state index contributed by atoms with van der Waals surface area (Å²) in [5, 5.41) is 13.6. The summed E-state index contributed by atoms with van der Waals surface area (Å²) in [4.78, 5) is 22.3. The van der Waals surface area contributed by atoms with E-state index >= 15 is 0 Å². The molecule has 4 aromatic carbocycles. The Balaban J connectivity index is 1.56. The molecule has 15 heteroatoms. The van der Waals surface area contributed by atoms with Gasteiger partial charge in [0.05, 0.1) is 27.3 Å². The van der Waals surface area contributed by atoms with Gasteiger partial charge in [-0.05, 0) is 59.6 Å². The van der Waals surface area contributed by atoms with Gasteiger partial charge in [-0.1, -0.05) is 76.8 Å².